The molecule has 1 aliphatic heterocycles. The van der Waals surface area contributed by atoms with Crippen molar-refractivity contribution < 1.29 is 47.7 Å². The van der Waals surface area contributed by atoms with Gasteiger partial charge in [-0.3, -0.25) is 19.2 Å². The van der Waals surface area contributed by atoms with Crippen LogP contribution in [0.2, 0.25) is 0 Å². The molecule has 0 fully saturated rings. The molecule has 0 spiro atoms. The molecule has 0 aromatic rings. The predicted octanol–water partition coefficient (Wildman–Crippen LogP) is 10.7. The highest BCUT2D eigenvalue weighted by Gasteiger charge is 2.46. The van der Waals surface area contributed by atoms with E-state index in [0.29, 0.717) is 12.8 Å². The van der Waals surface area contributed by atoms with Gasteiger partial charge in [0.25, 0.3) is 5.76 Å². The SMILES string of the molecule is CCCCCCCCCCCCCCCC(=O)OC[C@H](OC(C)=O)[C@H]1OC(=O)C(OC(=O)CCCCCCCCCCCCCCC)=C1OC(C)=O. The first-order valence-corrected chi connectivity index (χ1v) is 20.9. The van der Waals surface area contributed by atoms with Gasteiger partial charge in [-0.15, -0.1) is 0 Å². The molecule has 0 aromatic carbocycles. The lowest BCUT2D eigenvalue weighted by atomic mass is 10.0. The molecule has 1 aliphatic rings. The number of hydrogen-bond donors (Lipinski definition) is 0. The van der Waals surface area contributed by atoms with Crippen molar-refractivity contribution in [2.24, 2.45) is 0 Å². The lowest BCUT2D eigenvalue weighted by Crippen LogP contribution is -2.38. The van der Waals surface area contributed by atoms with Gasteiger partial charge in [0.05, 0.1) is 0 Å². The fourth-order valence-corrected chi connectivity index (χ4v) is 6.43. The molecule has 0 N–H and O–H groups in total. The van der Waals surface area contributed by atoms with Crippen LogP contribution < -0.4 is 0 Å². The molecule has 0 unspecified atom stereocenters. The number of unbranched alkanes of at least 4 members (excludes halogenated alkanes) is 24. The molecule has 0 aliphatic carbocycles. The van der Waals surface area contributed by atoms with E-state index in [4.69, 9.17) is 23.7 Å². The van der Waals surface area contributed by atoms with E-state index in [2.05, 4.69) is 13.8 Å². The summed E-state index contributed by atoms with van der Waals surface area (Å²) in [4.78, 5) is 61.8. The summed E-state index contributed by atoms with van der Waals surface area (Å²) in [6.07, 6.45) is 28.2. The first-order chi connectivity index (χ1) is 25.2. The third-order valence-electron chi connectivity index (χ3n) is 9.40. The number of carbonyl (C=O) groups is 5. The van der Waals surface area contributed by atoms with E-state index in [1.54, 1.807) is 0 Å². The highest BCUT2D eigenvalue weighted by Crippen LogP contribution is 2.30. The Morgan fingerprint density at radius 2 is 0.923 bits per heavy atom. The first kappa shape index (κ1) is 47.1. The van der Waals surface area contributed by atoms with E-state index in [-0.39, 0.29) is 18.6 Å². The van der Waals surface area contributed by atoms with Crippen LogP contribution in [0, 0.1) is 0 Å². The van der Waals surface area contributed by atoms with Gasteiger partial charge in [0.1, 0.15) is 6.61 Å². The zero-order valence-corrected chi connectivity index (χ0v) is 33.2. The Bertz CT molecular complexity index is 1040. The third-order valence-corrected chi connectivity index (χ3v) is 9.40. The zero-order valence-electron chi connectivity index (χ0n) is 33.2. The molecule has 2 atom stereocenters. The van der Waals surface area contributed by atoms with E-state index >= 15 is 0 Å². The van der Waals surface area contributed by atoms with Crippen LogP contribution in [-0.4, -0.2) is 48.7 Å². The van der Waals surface area contributed by atoms with Crippen molar-refractivity contribution in [2.75, 3.05) is 6.61 Å². The molecule has 0 radical (unpaired) electrons. The van der Waals surface area contributed by atoms with Crippen molar-refractivity contribution >= 4 is 29.8 Å². The van der Waals surface area contributed by atoms with Crippen molar-refractivity contribution in [3.8, 4) is 0 Å². The monoisotopic (exact) mass is 737 g/mol. The predicted molar refractivity (Wildman–Crippen MR) is 202 cm³/mol. The van der Waals surface area contributed by atoms with Gasteiger partial charge < -0.3 is 23.7 Å². The highest BCUT2D eigenvalue weighted by atomic mass is 16.7. The van der Waals surface area contributed by atoms with Gasteiger partial charge in [0.15, 0.2) is 6.10 Å². The van der Waals surface area contributed by atoms with Crippen molar-refractivity contribution in [2.45, 2.75) is 220 Å². The first-order valence-electron chi connectivity index (χ1n) is 20.9. The van der Waals surface area contributed by atoms with Gasteiger partial charge in [0.2, 0.25) is 11.9 Å². The molecule has 0 saturated carbocycles. The zero-order chi connectivity index (χ0) is 38.2. The van der Waals surface area contributed by atoms with Crippen LogP contribution in [0.3, 0.4) is 0 Å². The topological polar surface area (TPSA) is 132 Å². The maximum Gasteiger partial charge on any atom is 0.379 e. The van der Waals surface area contributed by atoms with E-state index in [1.165, 1.54) is 116 Å². The van der Waals surface area contributed by atoms with Crippen LogP contribution in [-0.2, 0) is 47.7 Å². The second-order valence-corrected chi connectivity index (χ2v) is 14.4. The Labute approximate surface area is 314 Å². The summed E-state index contributed by atoms with van der Waals surface area (Å²) in [7, 11) is 0. The van der Waals surface area contributed by atoms with Crippen molar-refractivity contribution in [3.05, 3.63) is 11.5 Å². The van der Waals surface area contributed by atoms with Crippen LogP contribution in [0.15, 0.2) is 11.5 Å². The molecule has 0 bridgehead atoms. The molecule has 1 rings (SSSR count). The Kier molecular flexibility index (Phi) is 28.6. The second kappa shape index (κ2) is 31.6. The molecule has 0 amide bonds. The standard InChI is InChI=1S/C42H72O10/c1-5-7-9-11-13-15-17-19-21-23-25-27-29-31-37(45)48-33-36(49-34(3)43)39-40(50-35(4)44)41(42(47)52-39)51-38(46)32-30-28-26-24-22-20-18-16-14-12-10-8-6-2/h36,39H,5-33H2,1-4H3/t36-,39+/m0/s1. The van der Waals surface area contributed by atoms with E-state index in [0.717, 1.165) is 52.4 Å². The molecule has 300 valence electrons. The minimum atomic E-state index is -1.43. The van der Waals surface area contributed by atoms with Crippen LogP contribution in [0.4, 0.5) is 0 Å². The molecule has 10 nitrogen and oxygen atoms in total. The summed E-state index contributed by atoms with van der Waals surface area (Å²) in [6.45, 7) is 6.32. The van der Waals surface area contributed by atoms with Crippen molar-refractivity contribution in [1.29, 1.82) is 0 Å². The normalized spacial score (nSPS) is 14.6. The number of rotatable bonds is 34. The summed E-state index contributed by atoms with van der Waals surface area (Å²) in [6, 6.07) is 0. The van der Waals surface area contributed by atoms with E-state index < -0.39 is 54.4 Å². The van der Waals surface area contributed by atoms with E-state index in [9.17, 15) is 24.0 Å². The summed E-state index contributed by atoms with van der Waals surface area (Å²) in [5.41, 5.74) is 0. The number of cyclic esters (lactones) is 1. The maximum atomic E-state index is 12.8. The fraction of sp³-hybridized carbons (Fsp3) is 0.833. The van der Waals surface area contributed by atoms with Gasteiger partial charge in [-0.05, 0) is 12.8 Å². The average Bonchev–Trinajstić information content (AvgIpc) is 3.40. The number of hydrogen-bond acceptors (Lipinski definition) is 10. The summed E-state index contributed by atoms with van der Waals surface area (Å²) in [5, 5.41) is 0. The molecule has 10 heteroatoms. The third kappa shape index (κ3) is 24.4. The lowest BCUT2D eigenvalue weighted by molar-refractivity contribution is -0.171. The largest absolute Gasteiger partial charge is 0.462 e. The average molecular weight is 737 g/mol. The van der Waals surface area contributed by atoms with Crippen LogP contribution in [0.1, 0.15) is 207 Å². The van der Waals surface area contributed by atoms with Crippen molar-refractivity contribution in [3.63, 3.8) is 0 Å². The van der Waals surface area contributed by atoms with Crippen LogP contribution in [0.25, 0.3) is 0 Å². The minimum Gasteiger partial charge on any atom is -0.462 e. The quantitative estimate of drug-likeness (QED) is 0.0357. The summed E-state index contributed by atoms with van der Waals surface area (Å²) >= 11 is 0. The minimum absolute atomic E-state index is 0.0801. The lowest BCUT2D eigenvalue weighted by Gasteiger charge is -2.23. The molecule has 0 aromatic heterocycles. The molecular weight excluding hydrogens is 664 g/mol. The van der Waals surface area contributed by atoms with Gasteiger partial charge in [-0.2, -0.15) is 0 Å². The van der Waals surface area contributed by atoms with Crippen LogP contribution in [0.5, 0.6) is 0 Å². The summed E-state index contributed by atoms with van der Waals surface area (Å²) < 4.78 is 26.6. The maximum absolute atomic E-state index is 12.8. The van der Waals surface area contributed by atoms with Gasteiger partial charge in [0, 0.05) is 26.7 Å². The van der Waals surface area contributed by atoms with Gasteiger partial charge >= 0.3 is 29.8 Å². The molecule has 1 heterocycles. The van der Waals surface area contributed by atoms with E-state index in [1.807, 2.05) is 0 Å². The molecule has 0 saturated heterocycles. The highest BCUT2D eigenvalue weighted by molar-refractivity contribution is 5.93. The smallest absolute Gasteiger partial charge is 0.379 e. The second-order valence-electron chi connectivity index (χ2n) is 14.4. The van der Waals surface area contributed by atoms with Crippen LogP contribution >= 0.6 is 0 Å². The number of ether oxygens (including phenoxy) is 5. The molecule has 52 heavy (non-hydrogen) atoms. The summed E-state index contributed by atoms with van der Waals surface area (Å²) in [5.74, 6) is -4.62. The van der Waals surface area contributed by atoms with Gasteiger partial charge in [-0.1, -0.05) is 168 Å². The Morgan fingerprint density at radius 3 is 1.31 bits per heavy atom. The fourth-order valence-electron chi connectivity index (χ4n) is 6.43. The number of esters is 5. The molecular formula is C42H72O10. The Balaban J connectivity index is 2.46. The van der Waals surface area contributed by atoms with Gasteiger partial charge in [-0.25, -0.2) is 4.79 Å². The number of carbonyl (C=O) groups excluding carboxylic acids is 5. The Morgan fingerprint density at radius 1 is 0.538 bits per heavy atom. The van der Waals surface area contributed by atoms with Crippen molar-refractivity contribution in [1.82, 2.24) is 0 Å². The Hall–Kier alpha value is -2.91.